The highest BCUT2D eigenvalue weighted by Gasteiger charge is 2.24. The van der Waals surface area contributed by atoms with Crippen molar-refractivity contribution in [2.75, 3.05) is 6.54 Å². The van der Waals surface area contributed by atoms with E-state index in [1.54, 1.807) is 0 Å². The largest absolute Gasteiger partial charge is 0.310 e. The van der Waals surface area contributed by atoms with Crippen LogP contribution in [0.1, 0.15) is 32.6 Å². The number of hydrogen-bond donors (Lipinski definition) is 1. The molecule has 1 heterocycles. The standard InChI is InChI=1S/C10H15NO/c1-7-10-3-2-9(12)6-8(10)4-5-11-7/h7,11H,2-6H2,1H3. The number of carbonyl (C=O) groups excluding carboxylic acids is 1. The third kappa shape index (κ3) is 1.31. The Bertz CT molecular complexity index is 242. The Balaban J connectivity index is 2.24. The topological polar surface area (TPSA) is 29.1 Å². The molecular formula is C10H15NO. The third-order valence-corrected chi connectivity index (χ3v) is 2.94. The molecule has 1 aliphatic heterocycles. The van der Waals surface area contributed by atoms with E-state index in [0.29, 0.717) is 11.8 Å². The van der Waals surface area contributed by atoms with E-state index in [1.807, 2.05) is 0 Å². The van der Waals surface area contributed by atoms with Gasteiger partial charge in [0.2, 0.25) is 0 Å². The Labute approximate surface area is 73.0 Å². The van der Waals surface area contributed by atoms with Crippen LogP contribution in [0.25, 0.3) is 0 Å². The van der Waals surface area contributed by atoms with Crippen molar-refractivity contribution < 1.29 is 4.79 Å². The molecule has 0 radical (unpaired) electrons. The fourth-order valence-corrected chi connectivity index (χ4v) is 2.23. The maximum absolute atomic E-state index is 11.2. The first-order valence-electron chi connectivity index (χ1n) is 4.73. The third-order valence-electron chi connectivity index (χ3n) is 2.94. The van der Waals surface area contributed by atoms with Crippen molar-refractivity contribution in [2.45, 2.75) is 38.6 Å². The Morgan fingerprint density at radius 1 is 1.33 bits per heavy atom. The van der Waals surface area contributed by atoms with E-state index in [-0.39, 0.29) is 0 Å². The van der Waals surface area contributed by atoms with Gasteiger partial charge >= 0.3 is 0 Å². The lowest BCUT2D eigenvalue weighted by atomic mass is 9.83. The maximum Gasteiger partial charge on any atom is 0.137 e. The number of hydrogen-bond acceptors (Lipinski definition) is 2. The van der Waals surface area contributed by atoms with Gasteiger partial charge in [0.25, 0.3) is 0 Å². The van der Waals surface area contributed by atoms with E-state index in [0.717, 1.165) is 32.2 Å². The van der Waals surface area contributed by atoms with E-state index in [4.69, 9.17) is 0 Å². The molecule has 0 spiro atoms. The van der Waals surface area contributed by atoms with Crippen LogP contribution < -0.4 is 5.32 Å². The summed E-state index contributed by atoms with van der Waals surface area (Å²) >= 11 is 0. The van der Waals surface area contributed by atoms with Crippen molar-refractivity contribution in [1.82, 2.24) is 5.32 Å². The molecule has 0 fully saturated rings. The quantitative estimate of drug-likeness (QED) is 0.550. The second-order valence-corrected chi connectivity index (χ2v) is 3.77. The molecule has 2 nitrogen and oxygen atoms in total. The molecule has 66 valence electrons. The van der Waals surface area contributed by atoms with Gasteiger partial charge in [0.05, 0.1) is 0 Å². The summed E-state index contributed by atoms with van der Waals surface area (Å²) in [6.45, 7) is 3.25. The Hall–Kier alpha value is -0.630. The number of carbonyl (C=O) groups is 1. The molecular weight excluding hydrogens is 150 g/mol. The predicted molar refractivity (Wildman–Crippen MR) is 48.0 cm³/mol. The molecule has 12 heavy (non-hydrogen) atoms. The Morgan fingerprint density at radius 3 is 3.00 bits per heavy atom. The Morgan fingerprint density at radius 2 is 2.17 bits per heavy atom. The molecule has 0 aromatic heterocycles. The summed E-state index contributed by atoms with van der Waals surface area (Å²) in [5.41, 5.74) is 2.94. The summed E-state index contributed by atoms with van der Waals surface area (Å²) in [5, 5.41) is 3.43. The van der Waals surface area contributed by atoms with Gasteiger partial charge in [-0.15, -0.1) is 0 Å². The van der Waals surface area contributed by atoms with Crippen molar-refractivity contribution in [1.29, 1.82) is 0 Å². The van der Waals surface area contributed by atoms with Gasteiger partial charge < -0.3 is 5.32 Å². The smallest absolute Gasteiger partial charge is 0.137 e. The van der Waals surface area contributed by atoms with Crippen LogP contribution in [-0.4, -0.2) is 18.4 Å². The lowest BCUT2D eigenvalue weighted by molar-refractivity contribution is -0.118. The molecule has 0 aromatic rings. The molecule has 0 saturated heterocycles. The van der Waals surface area contributed by atoms with E-state index in [1.165, 1.54) is 11.1 Å². The van der Waals surface area contributed by atoms with Gasteiger partial charge in [0, 0.05) is 18.9 Å². The maximum atomic E-state index is 11.2. The summed E-state index contributed by atoms with van der Waals surface area (Å²) in [6.07, 6.45) is 3.60. The van der Waals surface area contributed by atoms with Gasteiger partial charge in [0.1, 0.15) is 5.78 Å². The van der Waals surface area contributed by atoms with Crippen molar-refractivity contribution in [2.24, 2.45) is 0 Å². The molecule has 2 heteroatoms. The molecule has 1 N–H and O–H groups in total. The van der Waals surface area contributed by atoms with Crippen LogP contribution in [0.3, 0.4) is 0 Å². The molecule has 2 aliphatic rings. The van der Waals surface area contributed by atoms with Crippen LogP contribution in [0, 0.1) is 0 Å². The van der Waals surface area contributed by atoms with Crippen molar-refractivity contribution in [3.63, 3.8) is 0 Å². The minimum atomic E-state index is 0.433. The van der Waals surface area contributed by atoms with Crippen molar-refractivity contribution in [3.8, 4) is 0 Å². The predicted octanol–water partition coefficient (Wildman–Crippen LogP) is 1.42. The molecule has 1 aliphatic carbocycles. The minimum Gasteiger partial charge on any atom is -0.310 e. The van der Waals surface area contributed by atoms with E-state index in [9.17, 15) is 4.79 Å². The highest BCUT2D eigenvalue weighted by atomic mass is 16.1. The zero-order valence-corrected chi connectivity index (χ0v) is 7.52. The average molecular weight is 165 g/mol. The van der Waals surface area contributed by atoms with Crippen molar-refractivity contribution >= 4 is 5.78 Å². The normalized spacial score (nSPS) is 30.4. The molecule has 0 saturated carbocycles. The van der Waals surface area contributed by atoms with Crippen LogP contribution in [0.2, 0.25) is 0 Å². The first-order chi connectivity index (χ1) is 5.77. The van der Waals surface area contributed by atoms with Crippen LogP contribution in [-0.2, 0) is 4.79 Å². The van der Waals surface area contributed by atoms with Gasteiger partial charge in [-0.2, -0.15) is 0 Å². The molecule has 0 bridgehead atoms. The first-order valence-corrected chi connectivity index (χ1v) is 4.73. The molecule has 0 amide bonds. The van der Waals surface area contributed by atoms with Crippen molar-refractivity contribution in [3.05, 3.63) is 11.1 Å². The van der Waals surface area contributed by atoms with E-state index < -0.39 is 0 Å². The highest BCUT2D eigenvalue weighted by Crippen LogP contribution is 2.29. The monoisotopic (exact) mass is 165 g/mol. The van der Waals surface area contributed by atoms with Gasteiger partial charge in [-0.25, -0.2) is 0 Å². The number of nitrogens with one attached hydrogen (secondary N) is 1. The van der Waals surface area contributed by atoms with Gasteiger partial charge in [-0.1, -0.05) is 11.1 Å². The minimum absolute atomic E-state index is 0.433. The second-order valence-electron chi connectivity index (χ2n) is 3.77. The SMILES string of the molecule is CC1NCCC2=C1CCC(=O)C2. The molecule has 0 aromatic carbocycles. The summed E-state index contributed by atoms with van der Waals surface area (Å²) in [6, 6.07) is 0.516. The zero-order chi connectivity index (χ0) is 8.55. The van der Waals surface area contributed by atoms with Gasteiger partial charge in [-0.05, 0) is 26.3 Å². The van der Waals surface area contributed by atoms with Crippen LogP contribution in [0.15, 0.2) is 11.1 Å². The zero-order valence-electron chi connectivity index (χ0n) is 7.52. The molecule has 2 rings (SSSR count). The summed E-state index contributed by atoms with van der Waals surface area (Å²) in [7, 11) is 0. The average Bonchev–Trinajstić information content (AvgIpc) is 2.04. The summed E-state index contributed by atoms with van der Waals surface area (Å²) in [4.78, 5) is 11.2. The fraction of sp³-hybridized carbons (Fsp3) is 0.700. The number of ketones is 1. The Kier molecular flexibility index (Phi) is 2.01. The first kappa shape index (κ1) is 7.99. The number of Topliss-reactive ketones (excluding diaryl/α,β-unsaturated/α-hetero) is 1. The lowest BCUT2D eigenvalue weighted by Gasteiger charge is -2.30. The van der Waals surface area contributed by atoms with Gasteiger partial charge in [-0.3, -0.25) is 4.79 Å². The van der Waals surface area contributed by atoms with E-state index >= 15 is 0 Å². The molecule has 1 unspecified atom stereocenters. The fourth-order valence-electron chi connectivity index (χ4n) is 2.23. The van der Waals surface area contributed by atoms with E-state index in [2.05, 4.69) is 12.2 Å². The summed E-state index contributed by atoms with van der Waals surface area (Å²) < 4.78 is 0. The lowest BCUT2D eigenvalue weighted by Crippen LogP contribution is -2.36. The van der Waals surface area contributed by atoms with Crippen LogP contribution in [0.5, 0.6) is 0 Å². The molecule has 1 atom stereocenters. The van der Waals surface area contributed by atoms with Gasteiger partial charge in [0.15, 0.2) is 0 Å². The second kappa shape index (κ2) is 3.02. The number of rotatable bonds is 0. The highest BCUT2D eigenvalue weighted by molar-refractivity contribution is 5.82. The van der Waals surface area contributed by atoms with Crippen LogP contribution >= 0.6 is 0 Å². The summed E-state index contributed by atoms with van der Waals surface area (Å²) in [5.74, 6) is 0.433. The van der Waals surface area contributed by atoms with Crippen LogP contribution in [0.4, 0.5) is 0 Å².